The second kappa shape index (κ2) is 8.70. The number of aryl methyl sites for hydroxylation is 1. The van der Waals surface area contributed by atoms with E-state index in [2.05, 4.69) is 34.5 Å². The summed E-state index contributed by atoms with van der Waals surface area (Å²) in [4.78, 5) is 12.4. The van der Waals surface area contributed by atoms with Crippen LogP contribution in [-0.2, 0) is 12.8 Å². The number of rotatable bonds is 8. The molecule has 3 aromatic rings. The number of aliphatic hydroxyl groups excluding tert-OH is 1. The van der Waals surface area contributed by atoms with Gasteiger partial charge in [-0.25, -0.2) is 0 Å². The van der Waals surface area contributed by atoms with Gasteiger partial charge in [-0.2, -0.15) is 0 Å². The van der Waals surface area contributed by atoms with Gasteiger partial charge in [0.05, 0.1) is 6.10 Å². The van der Waals surface area contributed by atoms with E-state index in [0.29, 0.717) is 36.1 Å². The molecule has 2 aromatic carbocycles. The molecule has 4 rings (SSSR count). The van der Waals surface area contributed by atoms with E-state index in [0.717, 1.165) is 31.2 Å². The number of aliphatic hydroxyl groups is 1. The van der Waals surface area contributed by atoms with Crippen LogP contribution in [0.2, 0.25) is 0 Å². The fourth-order valence-corrected chi connectivity index (χ4v) is 4.08. The topological polar surface area (TPSA) is 76.2 Å². The predicted molar refractivity (Wildman–Crippen MR) is 111 cm³/mol. The third kappa shape index (κ3) is 4.80. The van der Waals surface area contributed by atoms with Gasteiger partial charge in [0.2, 0.25) is 11.8 Å². The fraction of sp³-hybridized carbons (Fsp3) is 0.375. The maximum atomic E-state index is 12.4. The van der Waals surface area contributed by atoms with Crippen LogP contribution in [0, 0.1) is 12.8 Å². The van der Waals surface area contributed by atoms with Gasteiger partial charge in [0.25, 0.3) is 0 Å². The lowest BCUT2D eigenvalue weighted by atomic mass is 9.95. The number of carbonyl (C=O) groups excluding carboxylic acids is 1. The number of hydrogen-bond acceptors (Lipinski definition) is 5. The minimum absolute atomic E-state index is 0.0468. The van der Waals surface area contributed by atoms with Gasteiger partial charge in [0, 0.05) is 24.5 Å². The van der Waals surface area contributed by atoms with Crippen molar-refractivity contribution in [2.45, 2.75) is 51.6 Å². The van der Waals surface area contributed by atoms with Crippen LogP contribution in [0.5, 0.6) is 0 Å². The second-order valence-electron chi connectivity index (χ2n) is 7.94. The molecule has 1 aliphatic rings. The van der Waals surface area contributed by atoms with Crippen molar-refractivity contribution in [2.75, 3.05) is 0 Å². The Morgan fingerprint density at radius 1 is 1.07 bits per heavy atom. The van der Waals surface area contributed by atoms with Crippen molar-refractivity contribution in [1.82, 2.24) is 10.2 Å². The Balaban J connectivity index is 1.22. The molecule has 0 saturated heterocycles. The quantitative estimate of drug-likeness (QED) is 0.571. The molecule has 0 aliphatic heterocycles. The molecule has 0 unspecified atom stereocenters. The highest BCUT2D eigenvalue weighted by Gasteiger charge is 2.21. The maximum Gasteiger partial charge on any atom is 0.247 e. The Kier molecular flexibility index (Phi) is 5.86. The van der Waals surface area contributed by atoms with Crippen LogP contribution < -0.4 is 0 Å². The minimum atomic E-state index is -0.427. The number of ketones is 1. The van der Waals surface area contributed by atoms with E-state index in [1.165, 1.54) is 11.1 Å². The SMILES string of the molecule is Cc1nnc(-c2ccc(C(=O)CC[C@H](O)CCC3Cc4ccccc4C3)cc2)o1. The third-order valence-electron chi connectivity index (χ3n) is 5.73. The first kappa shape index (κ1) is 19.5. The molecule has 0 saturated carbocycles. The summed E-state index contributed by atoms with van der Waals surface area (Å²) in [6.45, 7) is 1.74. The second-order valence-corrected chi connectivity index (χ2v) is 7.94. The van der Waals surface area contributed by atoms with Gasteiger partial charge in [-0.1, -0.05) is 36.4 Å². The van der Waals surface area contributed by atoms with Gasteiger partial charge in [-0.15, -0.1) is 10.2 Å². The lowest BCUT2D eigenvalue weighted by Crippen LogP contribution is -2.12. The molecule has 150 valence electrons. The first-order valence-corrected chi connectivity index (χ1v) is 10.3. The molecule has 5 heteroatoms. The fourth-order valence-electron chi connectivity index (χ4n) is 4.08. The van der Waals surface area contributed by atoms with Gasteiger partial charge in [0.15, 0.2) is 5.78 Å². The monoisotopic (exact) mass is 390 g/mol. The van der Waals surface area contributed by atoms with Gasteiger partial charge >= 0.3 is 0 Å². The largest absolute Gasteiger partial charge is 0.421 e. The lowest BCUT2D eigenvalue weighted by molar-refractivity contribution is 0.0927. The molecule has 0 bridgehead atoms. The molecule has 1 heterocycles. The summed E-state index contributed by atoms with van der Waals surface area (Å²) in [6.07, 6.45) is 4.39. The zero-order valence-corrected chi connectivity index (χ0v) is 16.7. The molecule has 5 nitrogen and oxygen atoms in total. The number of fused-ring (bicyclic) bond motifs is 1. The number of nitrogens with zero attached hydrogens (tertiary/aromatic N) is 2. The lowest BCUT2D eigenvalue weighted by Gasteiger charge is -2.13. The standard InChI is InChI=1S/C24H26N2O3/c1-16-25-26-24(29-16)19-9-7-18(8-10-19)23(28)13-12-22(27)11-6-17-14-20-4-2-3-5-21(20)15-17/h2-5,7-10,17,22,27H,6,11-15H2,1H3/t22-/m1/s1. The van der Waals surface area contributed by atoms with E-state index in [1.54, 1.807) is 19.1 Å². The van der Waals surface area contributed by atoms with E-state index >= 15 is 0 Å². The van der Waals surface area contributed by atoms with E-state index in [-0.39, 0.29) is 5.78 Å². The van der Waals surface area contributed by atoms with Gasteiger partial charge in [-0.05, 0) is 61.3 Å². The van der Waals surface area contributed by atoms with Crippen LogP contribution in [0.3, 0.4) is 0 Å². The molecule has 0 radical (unpaired) electrons. The molecular weight excluding hydrogens is 364 g/mol. The van der Waals surface area contributed by atoms with Crippen LogP contribution in [0.15, 0.2) is 52.9 Å². The smallest absolute Gasteiger partial charge is 0.247 e. The van der Waals surface area contributed by atoms with E-state index in [9.17, 15) is 9.90 Å². The summed E-state index contributed by atoms with van der Waals surface area (Å²) >= 11 is 0. The maximum absolute atomic E-state index is 12.4. The van der Waals surface area contributed by atoms with Gasteiger partial charge in [0.1, 0.15) is 0 Å². The molecule has 29 heavy (non-hydrogen) atoms. The highest BCUT2D eigenvalue weighted by Crippen LogP contribution is 2.30. The molecule has 1 aliphatic carbocycles. The molecule has 0 spiro atoms. The number of benzene rings is 2. The summed E-state index contributed by atoms with van der Waals surface area (Å²) in [5.41, 5.74) is 4.32. The molecule has 1 N–H and O–H groups in total. The molecule has 0 amide bonds. The highest BCUT2D eigenvalue weighted by atomic mass is 16.4. The number of hydrogen-bond donors (Lipinski definition) is 1. The van der Waals surface area contributed by atoms with Crippen molar-refractivity contribution in [3.63, 3.8) is 0 Å². The number of Topliss-reactive ketones (excluding diaryl/α,β-unsaturated/α-hetero) is 1. The number of carbonyl (C=O) groups is 1. The first-order chi connectivity index (χ1) is 14.1. The van der Waals surface area contributed by atoms with Gasteiger partial charge in [-0.3, -0.25) is 4.79 Å². The van der Waals surface area contributed by atoms with Gasteiger partial charge < -0.3 is 9.52 Å². The molecule has 1 atom stereocenters. The average Bonchev–Trinajstić information content (AvgIpc) is 3.36. The zero-order chi connectivity index (χ0) is 20.2. The zero-order valence-electron chi connectivity index (χ0n) is 16.7. The van der Waals surface area contributed by atoms with Crippen molar-refractivity contribution in [3.8, 4) is 11.5 Å². The molecular formula is C24H26N2O3. The Hall–Kier alpha value is -2.79. The first-order valence-electron chi connectivity index (χ1n) is 10.3. The molecule has 0 fully saturated rings. The minimum Gasteiger partial charge on any atom is -0.421 e. The predicted octanol–water partition coefficient (Wildman–Crippen LogP) is 4.56. The van der Waals surface area contributed by atoms with Crippen LogP contribution in [0.25, 0.3) is 11.5 Å². The van der Waals surface area contributed by atoms with Crippen molar-refractivity contribution in [2.24, 2.45) is 5.92 Å². The normalized spacial score (nSPS) is 14.7. The summed E-state index contributed by atoms with van der Waals surface area (Å²) in [6, 6.07) is 15.8. The summed E-state index contributed by atoms with van der Waals surface area (Å²) in [5.74, 6) is 1.62. The van der Waals surface area contributed by atoms with Crippen molar-refractivity contribution < 1.29 is 14.3 Å². The van der Waals surface area contributed by atoms with Crippen molar-refractivity contribution in [3.05, 3.63) is 71.1 Å². The Morgan fingerprint density at radius 3 is 2.38 bits per heavy atom. The Labute approximate surface area is 170 Å². The average molecular weight is 390 g/mol. The summed E-state index contributed by atoms with van der Waals surface area (Å²) in [5, 5.41) is 18.1. The Bertz CT molecular complexity index is 953. The summed E-state index contributed by atoms with van der Waals surface area (Å²) < 4.78 is 5.40. The van der Waals surface area contributed by atoms with E-state index < -0.39 is 6.10 Å². The number of aromatic nitrogens is 2. The Morgan fingerprint density at radius 2 is 1.76 bits per heavy atom. The van der Waals surface area contributed by atoms with Crippen LogP contribution in [-0.4, -0.2) is 27.2 Å². The van der Waals surface area contributed by atoms with Crippen LogP contribution in [0.4, 0.5) is 0 Å². The van der Waals surface area contributed by atoms with Crippen LogP contribution in [0.1, 0.15) is 53.1 Å². The van der Waals surface area contributed by atoms with E-state index in [1.807, 2.05) is 12.1 Å². The van der Waals surface area contributed by atoms with Crippen molar-refractivity contribution >= 4 is 5.78 Å². The summed E-state index contributed by atoms with van der Waals surface area (Å²) in [7, 11) is 0. The van der Waals surface area contributed by atoms with Crippen molar-refractivity contribution in [1.29, 1.82) is 0 Å². The van der Waals surface area contributed by atoms with Crippen LogP contribution >= 0.6 is 0 Å². The highest BCUT2D eigenvalue weighted by molar-refractivity contribution is 5.96. The van der Waals surface area contributed by atoms with E-state index in [4.69, 9.17) is 4.42 Å². The third-order valence-corrected chi connectivity index (χ3v) is 5.73. The molecule has 1 aromatic heterocycles.